The zero-order chi connectivity index (χ0) is 35.0. The van der Waals surface area contributed by atoms with Gasteiger partial charge in [0, 0.05) is 49.4 Å². The highest BCUT2D eigenvalue weighted by Crippen LogP contribution is 2.40. The second-order valence-corrected chi connectivity index (χ2v) is 13.7. The maximum absolute atomic E-state index is 9.38. The van der Waals surface area contributed by atoms with E-state index in [4.69, 9.17) is 0 Å². The van der Waals surface area contributed by atoms with Crippen LogP contribution in [-0.2, 0) is 0 Å². The molecule has 0 aliphatic rings. The molecule has 246 valence electrons. The van der Waals surface area contributed by atoms with E-state index in [1.54, 1.807) is 0 Å². The molecule has 0 atom stereocenters. The number of rotatable bonds is 4. The Bertz CT molecular complexity index is 3280. The standard InChI is InChI=1S/C49H30N4/c50-31-32-18-22-36(23-19-32)52-44-15-7-4-12-38(44)41-28-33(20-25-47(41)52)34-21-26-48-42(29-34)39-13-5-9-17-46(39)53(48)37-24-27-49-43(30-37)40-14-6-8-16-45(40)51(49)35-10-2-1-3-11-35/h1-30H. The van der Waals surface area contributed by atoms with Crippen molar-refractivity contribution in [2.45, 2.75) is 0 Å². The van der Waals surface area contributed by atoms with Crippen molar-refractivity contribution in [3.8, 4) is 34.3 Å². The minimum atomic E-state index is 0.657. The topological polar surface area (TPSA) is 38.6 Å². The molecule has 0 aliphatic heterocycles. The third-order valence-corrected chi connectivity index (χ3v) is 10.9. The molecule has 0 fully saturated rings. The van der Waals surface area contributed by atoms with Crippen LogP contribution in [0.3, 0.4) is 0 Å². The quantitative estimate of drug-likeness (QED) is 0.183. The van der Waals surface area contributed by atoms with Gasteiger partial charge in [-0.3, -0.25) is 0 Å². The molecule has 0 bridgehead atoms. The van der Waals surface area contributed by atoms with Gasteiger partial charge >= 0.3 is 0 Å². The summed E-state index contributed by atoms with van der Waals surface area (Å²) in [6, 6.07) is 67.3. The summed E-state index contributed by atoms with van der Waals surface area (Å²) in [5, 5.41) is 16.7. The van der Waals surface area contributed by atoms with Crippen LogP contribution >= 0.6 is 0 Å². The summed E-state index contributed by atoms with van der Waals surface area (Å²) in [6.07, 6.45) is 0. The van der Waals surface area contributed by atoms with Crippen molar-refractivity contribution < 1.29 is 0 Å². The first-order valence-corrected chi connectivity index (χ1v) is 17.9. The molecule has 3 aromatic heterocycles. The molecule has 0 spiro atoms. The second-order valence-electron chi connectivity index (χ2n) is 13.7. The highest BCUT2D eigenvalue weighted by atomic mass is 15.0. The van der Waals surface area contributed by atoms with Gasteiger partial charge in [-0.25, -0.2) is 0 Å². The van der Waals surface area contributed by atoms with Crippen LogP contribution < -0.4 is 0 Å². The van der Waals surface area contributed by atoms with Crippen molar-refractivity contribution in [3.05, 3.63) is 188 Å². The van der Waals surface area contributed by atoms with Gasteiger partial charge in [0.05, 0.1) is 44.7 Å². The molecule has 8 aromatic carbocycles. The number of hydrogen-bond acceptors (Lipinski definition) is 1. The summed E-state index contributed by atoms with van der Waals surface area (Å²) in [6.45, 7) is 0. The zero-order valence-corrected chi connectivity index (χ0v) is 28.6. The summed E-state index contributed by atoms with van der Waals surface area (Å²) >= 11 is 0. The Morgan fingerprint density at radius 1 is 0.302 bits per heavy atom. The lowest BCUT2D eigenvalue weighted by Crippen LogP contribution is -1.95. The summed E-state index contributed by atoms with van der Waals surface area (Å²) in [5.41, 5.74) is 13.4. The fourth-order valence-electron chi connectivity index (χ4n) is 8.50. The van der Waals surface area contributed by atoms with Crippen LogP contribution in [0, 0.1) is 11.3 Å². The predicted molar refractivity (Wildman–Crippen MR) is 220 cm³/mol. The molecule has 0 radical (unpaired) electrons. The average molecular weight is 675 g/mol. The molecule has 0 unspecified atom stereocenters. The van der Waals surface area contributed by atoms with Gasteiger partial charge in [0.1, 0.15) is 0 Å². The Hall–Kier alpha value is -7.35. The molecule has 4 nitrogen and oxygen atoms in total. The fraction of sp³-hybridized carbons (Fsp3) is 0. The van der Waals surface area contributed by atoms with E-state index in [-0.39, 0.29) is 0 Å². The molecule has 0 aliphatic carbocycles. The van der Waals surface area contributed by atoms with E-state index in [0.717, 1.165) is 28.1 Å². The van der Waals surface area contributed by atoms with E-state index in [2.05, 4.69) is 177 Å². The molecular formula is C49H30N4. The first kappa shape index (κ1) is 29.4. The number of nitriles is 1. The van der Waals surface area contributed by atoms with E-state index in [9.17, 15) is 5.26 Å². The van der Waals surface area contributed by atoms with E-state index >= 15 is 0 Å². The molecule has 11 rings (SSSR count). The number of hydrogen-bond donors (Lipinski definition) is 0. The van der Waals surface area contributed by atoms with Gasteiger partial charge in [0.2, 0.25) is 0 Å². The van der Waals surface area contributed by atoms with Gasteiger partial charge in [-0.2, -0.15) is 5.26 Å². The number of benzene rings is 8. The van der Waals surface area contributed by atoms with Crippen LogP contribution in [0.2, 0.25) is 0 Å². The van der Waals surface area contributed by atoms with Crippen LogP contribution in [-0.4, -0.2) is 13.7 Å². The van der Waals surface area contributed by atoms with E-state index in [1.165, 1.54) is 65.5 Å². The van der Waals surface area contributed by atoms with Crippen molar-refractivity contribution in [1.29, 1.82) is 5.26 Å². The van der Waals surface area contributed by atoms with Crippen LogP contribution in [0.15, 0.2) is 182 Å². The molecule has 0 N–H and O–H groups in total. The van der Waals surface area contributed by atoms with Gasteiger partial charge in [-0.15, -0.1) is 0 Å². The molecule has 53 heavy (non-hydrogen) atoms. The number of nitrogens with zero attached hydrogens (tertiary/aromatic N) is 4. The Morgan fingerprint density at radius 3 is 1.19 bits per heavy atom. The Morgan fingerprint density at radius 2 is 0.679 bits per heavy atom. The van der Waals surface area contributed by atoms with Gasteiger partial charge in [-0.05, 0) is 108 Å². The van der Waals surface area contributed by atoms with Gasteiger partial charge in [0.15, 0.2) is 0 Å². The highest BCUT2D eigenvalue weighted by molar-refractivity contribution is 6.14. The Labute approximate surface area is 305 Å². The van der Waals surface area contributed by atoms with Crippen molar-refractivity contribution in [2.24, 2.45) is 0 Å². The highest BCUT2D eigenvalue weighted by Gasteiger charge is 2.18. The lowest BCUT2D eigenvalue weighted by molar-refractivity contribution is 1.17. The number of fused-ring (bicyclic) bond motifs is 9. The first-order chi connectivity index (χ1) is 26.2. The third kappa shape index (κ3) is 4.35. The van der Waals surface area contributed by atoms with Gasteiger partial charge in [-0.1, -0.05) is 84.9 Å². The van der Waals surface area contributed by atoms with Crippen LogP contribution in [0.4, 0.5) is 0 Å². The predicted octanol–water partition coefficient (Wildman–Crippen LogP) is 12.5. The average Bonchev–Trinajstić information content (AvgIpc) is 3.86. The maximum atomic E-state index is 9.38. The van der Waals surface area contributed by atoms with Crippen LogP contribution in [0.1, 0.15) is 5.56 Å². The second kappa shape index (κ2) is 11.3. The van der Waals surface area contributed by atoms with Gasteiger partial charge < -0.3 is 13.7 Å². The summed E-state index contributed by atoms with van der Waals surface area (Å²) in [7, 11) is 0. The van der Waals surface area contributed by atoms with E-state index in [1.807, 2.05) is 24.3 Å². The van der Waals surface area contributed by atoms with E-state index < -0.39 is 0 Å². The minimum Gasteiger partial charge on any atom is -0.309 e. The summed E-state index contributed by atoms with van der Waals surface area (Å²) in [5.74, 6) is 0. The van der Waals surface area contributed by atoms with Crippen molar-refractivity contribution in [2.75, 3.05) is 0 Å². The van der Waals surface area contributed by atoms with E-state index in [0.29, 0.717) is 5.56 Å². The monoisotopic (exact) mass is 674 g/mol. The minimum absolute atomic E-state index is 0.657. The Balaban J connectivity index is 1.09. The molecule has 0 saturated carbocycles. The Kier molecular flexibility index (Phi) is 6.28. The van der Waals surface area contributed by atoms with Crippen LogP contribution in [0.5, 0.6) is 0 Å². The number of para-hydroxylation sites is 4. The summed E-state index contributed by atoms with van der Waals surface area (Å²) < 4.78 is 7.07. The third-order valence-electron chi connectivity index (χ3n) is 10.9. The number of aromatic nitrogens is 3. The lowest BCUT2D eigenvalue weighted by Gasteiger charge is -2.11. The molecule has 3 heterocycles. The van der Waals surface area contributed by atoms with Crippen LogP contribution in [0.25, 0.3) is 93.6 Å². The fourth-order valence-corrected chi connectivity index (χ4v) is 8.50. The maximum Gasteiger partial charge on any atom is 0.0991 e. The molecule has 11 aromatic rings. The normalized spacial score (nSPS) is 11.8. The molecule has 4 heteroatoms. The van der Waals surface area contributed by atoms with Gasteiger partial charge in [0.25, 0.3) is 0 Å². The van der Waals surface area contributed by atoms with Crippen molar-refractivity contribution >= 4 is 65.4 Å². The van der Waals surface area contributed by atoms with Crippen molar-refractivity contribution in [3.63, 3.8) is 0 Å². The first-order valence-electron chi connectivity index (χ1n) is 17.9. The molecule has 0 amide bonds. The smallest absolute Gasteiger partial charge is 0.0991 e. The summed E-state index contributed by atoms with van der Waals surface area (Å²) in [4.78, 5) is 0. The van der Waals surface area contributed by atoms with Crippen molar-refractivity contribution in [1.82, 2.24) is 13.7 Å². The largest absolute Gasteiger partial charge is 0.309 e. The molecular weight excluding hydrogens is 645 g/mol. The zero-order valence-electron chi connectivity index (χ0n) is 28.6. The SMILES string of the molecule is N#Cc1ccc(-n2c3ccccc3c3cc(-c4ccc5c(c4)c4ccccc4n5-c4ccc5c(c4)c4ccccc4n5-c4ccccc4)ccc32)cc1. The molecule has 0 saturated heterocycles. The lowest BCUT2D eigenvalue weighted by atomic mass is 10.0.